The third-order valence-corrected chi connectivity index (χ3v) is 5.18. The quantitative estimate of drug-likeness (QED) is 0.179. The molecule has 0 aromatic heterocycles. The molecule has 168 valence electrons. The van der Waals surface area contributed by atoms with E-state index in [1.165, 1.54) is 12.1 Å². The Morgan fingerprint density at radius 3 is 1.76 bits per heavy atom. The zero-order chi connectivity index (χ0) is 23.9. The first kappa shape index (κ1) is 23.0. The maximum absolute atomic E-state index is 13.9. The fraction of sp³-hybridized carbons (Fsp3) is 0.133. The molecule has 4 aromatic carbocycles. The molecule has 0 saturated carbocycles. The smallest absolute Gasteiger partial charge is 0.195 e. The summed E-state index contributed by atoms with van der Waals surface area (Å²) in [6.07, 6.45) is 2.13. The molecule has 4 heteroatoms. The van der Waals surface area contributed by atoms with Gasteiger partial charge in [0.05, 0.1) is 6.61 Å². The van der Waals surface area contributed by atoms with Crippen molar-refractivity contribution in [3.63, 3.8) is 0 Å². The zero-order valence-electron chi connectivity index (χ0n) is 18.6. The average molecular weight is 454 g/mol. The van der Waals surface area contributed by atoms with Crippen molar-refractivity contribution in [1.29, 1.82) is 0 Å². The Kier molecular flexibility index (Phi) is 7.21. The number of halogens is 3. The van der Waals surface area contributed by atoms with Crippen LogP contribution in [0.25, 0.3) is 10.8 Å². The van der Waals surface area contributed by atoms with Crippen molar-refractivity contribution in [2.45, 2.75) is 19.8 Å². The Morgan fingerprint density at radius 1 is 0.647 bits per heavy atom. The van der Waals surface area contributed by atoms with Crippen LogP contribution in [-0.4, -0.2) is 6.61 Å². The van der Waals surface area contributed by atoms with Gasteiger partial charge < -0.3 is 4.74 Å². The molecule has 0 unspecified atom stereocenters. The third-order valence-electron chi connectivity index (χ3n) is 5.18. The van der Waals surface area contributed by atoms with Crippen LogP contribution in [-0.2, 0) is 0 Å². The molecule has 0 aliphatic heterocycles. The molecule has 0 radical (unpaired) electrons. The van der Waals surface area contributed by atoms with Crippen LogP contribution in [0.1, 0.15) is 42.0 Å². The van der Waals surface area contributed by atoms with Crippen molar-refractivity contribution < 1.29 is 17.9 Å². The van der Waals surface area contributed by atoms with E-state index in [0.717, 1.165) is 41.3 Å². The monoisotopic (exact) mass is 454 g/mol. The second kappa shape index (κ2) is 10.6. The van der Waals surface area contributed by atoms with Gasteiger partial charge in [0, 0.05) is 27.6 Å². The molecule has 1 nitrogen and oxygen atoms in total. The maximum atomic E-state index is 13.9. The molecule has 0 atom stereocenters. The molecule has 0 heterocycles. The molecule has 0 N–H and O–H groups in total. The summed E-state index contributed by atoms with van der Waals surface area (Å²) in [5, 5.41) is 0.278. The lowest BCUT2D eigenvalue weighted by Gasteiger charge is -2.04. The van der Waals surface area contributed by atoms with E-state index in [9.17, 15) is 13.2 Å². The van der Waals surface area contributed by atoms with Crippen molar-refractivity contribution in [3.05, 3.63) is 113 Å². The highest BCUT2D eigenvalue weighted by Gasteiger charge is 2.13. The lowest BCUT2D eigenvalue weighted by molar-refractivity contribution is 0.309. The number of fused-ring (bicyclic) bond motifs is 1. The number of hydrogen-bond acceptors (Lipinski definition) is 1. The van der Waals surface area contributed by atoms with Gasteiger partial charge in [0.15, 0.2) is 17.5 Å². The Morgan fingerprint density at radius 2 is 1.18 bits per heavy atom. The second-order valence-corrected chi connectivity index (χ2v) is 7.73. The molecule has 0 amide bonds. The second-order valence-electron chi connectivity index (χ2n) is 7.73. The van der Waals surface area contributed by atoms with E-state index in [4.69, 9.17) is 4.74 Å². The van der Waals surface area contributed by atoms with Crippen LogP contribution in [0.2, 0.25) is 0 Å². The predicted octanol–water partition coefficient (Wildman–Crippen LogP) is 7.24. The van der Waals surface area contributed by atoms with Crippen LogP contribution in [0.15, 0.2) is 72.8 Å². The van der Waals surface area contributed by atoms with Crippen LogP contribution in [0.5, 0.6) is 5.75 Å². The minimum Gasteiger partial charge on any atom is -0.494 e. The van der Waals surface area contributed by atoms with E-state index in [-0.39, 0.29) is 10.8 Å². The third kappa shape index (κ3) is 5.61. The standard InChI is InChI=1S/C30H21F3O/c1-2-3-18-34-26-15-12-23(13-16-26)9-8-21-4-6-22(7-5-21)10-11-24-14-17-27-25(19-24)20-28(31)30(33)29(27)32/h4-7,12-17,19-20H,2-3,18H2,1H3. The summed E-state index contributed by atoms with van der Waals surface area (Å²) in [5.74, 6) is 9.22. The fourth-order valence-electron chi connectivity index (χ4n) is 3.28. The van der Waals surface area contributed by atoms with Gasteiger partial charge in [0.25, 0.3) is 0 Å². The summed E-state index contributed by atoms with van der Waals surface area (Å²) in [4.78, 5) is 0. The van der Waals surface area contributed by atoms with Crippen molar-refractivity contribution in [2.24, 2.45) is 0 Å². The van der Waals surface area contributed by atoms with Crippen molar-refractivity contribution in [1.82, 2.24) is 0 Å². The molecule has 0 saturated heterocycles. The van der Waals surface area contributed by atoms with Gasteiger partial charge in [-0.3, -0.25) is 0 Å². The number of rotatable bonds is 4. The highest BCUT2D eigenvalue weighted by molar-refractivity contribution is 5.84. The Balaban J connectivity index is 1.44. The van der Waals surface area contributed by atoms with Crippen LogP contribution in [0.4, 0.5) is 13.2 Å². The summed E-state index contributed by atoms with van der Waals surface area (Å²) in [6, 6.07) is 20.7. The summed E-state index contributed by atoms with van der Waals surface area (Å²) in [5.41, 5.74) is 3.10. The SMILES string of the molecule is CCCCOc1ccc(C#Cc2ccc(C#Cc3ccc4c(F)c(F)c(F)cc4c3)cc2)cc1. The molecule has 0 fully saturated rings. The lowest BCUT2D eigenvalue weighted by atomic mass is 10.1. The zero-order valence-corrected chi connectivity index (χ0v) is 18.6. The average Bonchev–Trinajstić information content (AvgIpc) is 2.86. The Labute approximate surface area is 197 Å². The topological polar surface area (TPSA) is 9.23 Å². The van der Waals surface area contributed by atoms with E-state index < -0.39 is 17.5 Å². The largest absolute Gasteiger partial charge is 0.494 e. The van der Waals surface area contributed by atoms with Gasteiger partial charge in [-0.15, -0.1) is 0 Å². The first-order valence-electron chi connectivity index (χ1n) is 11.0. The normalized spacial score (nSPS) is 10.2. The van der Waals surface area contributed by atoms with Gasteiger partial charge in [0.1, 0.15) is 5.75 Å². The van der Waals surface area contributed by atoms with Crippen molar-refractivity contribution >= 4 is 10.8 Å². The molecule has 0 spiro atoms. The Hall–Kier alpha value is -4.15. The summed E-state index contributed by atoms with van der Waals surface area (Å²) >= 11 is 0. The Bertz CT molecular complexity index is 1430. The van der Waals surface area contributed by atoms with Gasteiger partial charge >= 0.3 is 0 Å². The molecule has 4 aromatic rings. The van der Waals surface area contributed by atoms with E-state index in [2.05, 4.69) is 30.6 Å². The maximum Gasteiger partial charge on any atom is 0.195 e. The van der Waals surface area contributed by atoms with Gasteiger partial charge in [-0.25, -0.2) is 13.2 Å². The number of ether oxygens (including phenoxy) is 1. The number of hydrogen-bond donors (Lipinski definition) is 0. The summed E-state index contributed by atoms with van der Waals surface area (Å²) < 4.78 is 46.4. The molecular weight excluding hydrogens is 433 g/mol. The van der Waals surface area contributed by atoms with Crippen LogP contribution in [0, 0.1) is 41.1 Å². The molecular formula is C30H21F3O. The molecule has 4 rings (SSSR count). The first-order chi connectivity index (χ1) is 16.5. The lowest BCUT2D eigenvalue weighted by Crippen LogP contribution is -1.95. The van der Waals surface area contributed by atoms with Crippen LogP contribution < -0.4 is 4.74 Å². The van der Waals surface area contributed by atoms with Crippen LogP contribution >= 0.6 is 0 Å². The molecule has 0 aliphatic carbocycles. The van der Waals surface area contributed by atoms with Crippen LogP contribution in [0.3, 0.4) is 0 Å². The summed E-state index contributed by atoms with van der Waals surface area (Å²) in [6.45, 7) is 2.84. The van der Waals surface area contributed by atoms with Crippen molar-refractivity contribution in [3.8, 4) is 29.4 Å². The summed E-state index contributed by atoms with van der Waals surface area (Å²) in [7, 11) is 0. The minimum atomic E-state index is -1.47. The van der Waals surface area contributed by atoms with Gasteiger partial charge in [-0.05, 0) is 78.5 Å². The van der Waals surface area contributed by atoms with E-state index in [0.29, 0.717) is 12.2 Å². The fourth-order valence-corrected chi connectivity index (χ4v) is 3.28. The molecule has 34 heavy (non-hydrogen) atoms. The van der Waals surface area contributed by atoms with E-state index in [1.54, 1.807) is 6.07 Å². The van der Waals surface area contributed by atoms with E-state index in [1.807, 2.05) is 48.5 Å². The number of unbranched alkanes of at least 4 members (excludes halogenated alkanes) is 1. The number of benzene rings is 4. The minimum absolute atomic E-state index is 0.0195. The molecule has 0 bridgehead atoms. The predicted molar refractivity (Wildman–Crippen MR) is 129 cm³/mol. The van der Waals surface area contributed by atoms with Crippen molar-refractivity contribution in [2.75, 3.05) is 6.61 Å². The van der Waals surface area contributed by atoms with Gasteiger partial charge in [-0.1, -0.05) is 43.1 Å². The van der Waals surface area contributed by atoms with Gasteiger partial charge in [0.2, 0.25) is 0 Å². The first-order valence-corrected chi connectivity index (χ1v) is 11.0. The molecule has 0 aliphatic rings. The van der Waals surface area contributed by atoms with Gasteiger partial charge in [-0.2, -0.15) is 0 Å². The highest BCUT2D eigenvalue weighted by atomic mass is 19.2. The highest BCUT2D eigenvalue weighted by Crippen LogP contribution is 2.24. The van der Waals surface area contributed by atoms with E-state index >= 15 is 0 Å².